The number of benzene rings is 1. The molecule has 0 spiro atoms. The van der Waals surface area contributed by atoms with Gasteiger partial charge in [-0.05, 0) is 44.3 Å². The number of carbonyl (C=O) groups is 1. The van der Waals surface area contributed by atoms with Gasteiger partial charge in [0.15, 0.2) is 0 Å². The van der Waals surface area contributed by atoms with Crippen LogP contribution in [0.3, 0.4) is 0 Å². The van der Waals surface area contributed by atoms with Gasteiger partial charge >= 0.3 is 0 Å². The lowest BCUT2D eigenvalue weighted by Crippen LogP contribution is -2.43. The molecule has 1 unspecified atom stereocenters. The number of hydrogen-bond acceptors (Lipinski definition) is 2. The van der Waals surface area contributed by atoms with E-state index in [-0.39, 0.29) is 30.3 Å². The van der Waals surface area contributed by atoms with Crippen LogP contribution in [-0.2, 0) is 11.2 Å². The Balaban J connectivity index is 0.00000220. The van der Waals surface area contributed by atoms with E-state index < -0.39 is 0 Å². The minimum Gasteiger partial charge on any atom is -0.353 e. The summed E-state index contributed by atoms with van der Waals surface area (Å²) < 4.78 is 0. The van der Waals surface area contributed by atoms with Crippen LogP contribution < -0.4 is 10.6 Å². The van der Waals surface area contributed by atoms with Crippen LogP contribution in [-0.4, -0.2) is 25.0 Å². The van der Waals surface area contributed by atoms with Crippen LogP contribution in [0.5, 0.6) is 0 Å². The topological polar surface area (TPSA) is 41.1 Å². The highest BCUT2D eigenvalue weighted by atomic mass is 35.5. The zero-order valence-electron chi connectivity index (χ0n) is 12.8. The van der Waals surface area contributed by atoms with Gasteiger partial charge in [-0.15, -0.1) is 12.4 Å². The van der Waals surface area contributed by atoms with E-state index in [1.165, 1.54) is 5.56 Å². The fourth-order valence-corrected chi connectivity index (χ4v) is 2.88. The standard InChI is InChI=1S/C17H26N2O.ClH/c1-2-6-16(13-14-7-4-3-5-8-14)19-17(20)15-9-11-18-12-10-15;/h3-5,7-8,15-16,18H,2,6,9-13H2,1H3,(H,19,20);1H. The van der Waals surface area contributed by atoms with E-state index in [1.54, 1.807) is 0 Å². The molecule has 0 bridgehead atoms. The number of halogens is 1. The molecule has 3 nitrogen and oxygen atoms in total. The van der Waals surface area contributed by atoms with Crippen LogP contribution in [0.1, 0.15) is 38.2 Å². The lowest BCUT2D eigenvalue weighted by molar-refractivity contribution is -0.126. The van der Waals surface area contributed by atoms with Crippen molar-refractivity contribution in [1.29, 1.82) is 0 Å². The van der Waals surface area contributed by atoms with Gasteiger partial charge in [-0.3, -0.25) is 4.79 Å². The number of piperidine rings is 1. The molecule has 0 aromatic heterocycles. The molecule has 2 N–H and O–H groups in total. The summed E-state index contributed by atoms with van der Waals surface area (Å²) in [6, 6.07) is 10.7. The van der Waals surface area contributed by atoms with Crippen molar-refractivity contribution in [3.63, 3.8) is 0 Å². The highest BCUT2D eigenvalue weighted by molar-refractivity contribution is 5.85. The molecule has 1 aromatic carbocycles. The van der Waals surface area contributed by atoms with E-state index in [2.05, 4.69) is 41.8 Å². The van der Waals surface area contributed by atoms with Gasteiger partial charge in [-0.25, -0.2) is 0 Å². The van der Waals surface area contributed by atoms with E-state index in [0.29, 0.717) is 0 Å². The maximum atomic E-state index is 12.3. The zero-order valence-corrected chi connectivity index (χ0v) is 13.6. The fraction of sp³-hybridized carbons (Fsp3) is 0.588. The monoisotopic (exact) mass is 310 g/mol. The summed E-state index contributed by atoms with van der Waals surface area (Å²) >= 11 is 0. The Labute approximate surface area is 134 Å². The number of amides is 1. The fourth-order valence-electron chi connectivity index (χ4n) is 2.88. The number of rotatable bonds is 6. The predicted octanol–water partition coefficient (Wildman–Crippen LogP) is 2.94. The minimum absolute atomic E-state index is 0. The van der Waals surface area contributed by atoms with Crippen LogP contribution in [0.2, 0.25) is 0 Å². The molecule has 1 saturated heterocycles. The first kappa shape index (κ1) is 18.0. The Morgan fingerprint density at radius 1 is 1.29 bits per heavy atom. The third-order valence-electron chi connectivity index (χ3n) is 4.02. The van der Waals surface area contributed by atoms with E-state index in [1.807, 2.05) is 6.07 Å². The average molecular weight is 311 g/mol. The smallest absolute Gasteiger partial charge is 0.223 e. The highest BCUT2D eigenvalue weighted by Crippen LogP contribution is 2.14. The first-order valence-corrected chi connectivity index (χ1v) is 7.84. The van der Waals surface area contributed by atoms with Crippen LogP contribution in [0, 0.1) is 5.92 Å². The van der Waals surface area contributed by atoms with Gasteiger partial charge in [0.25, 0.3) is 0 Å². The lowest BCUT2D eigenvalue weighted by Gasteiger charge is -2.25. The maximum absolute atomic E-state index is 12.3. The van der Waals surface area contributed by atoms with E-state index in [4.69, 9.17) is 0 Å². The van der Waals surface area contributed by atoms with Crippen molar-refractivity contribution in [1.82, 2.24) is 10.6 Å². The minimum atomic E-state index is 0. The van der Waals surface area contributed by atoms with Crippen molar-refractivity contribution >= 4 is 18.3 Å². The van der Waals surface area contributed by atoms with E-state index in [0.717, 1.165) is 45.2 Å². The lowest BCUT2D eigenvalue weighted by atomic mass is 9.95. The van der Waals surface area contributed by atoms with Crippen molar-refractivity contribution < 1.29 is 4.79 Å². The molecule has 1 amide bonds. The SMILES string of the molecule is CCCC(Cc1ccccc1)NC(=O)C1CCNCC1.Cl. The first-order valence-electron chi connectivity index (χ1n) is 7.84. The Morgan fingerprint density at radius 3 is 2.57 bits per heavy atom. The molecule has 21 heavy (non-hydrogen) atoms. The molecule has 0 saturated carbocycles. The second-order valence-electron chi connectivity index (χ2n) is 5.71. The molecule has 1 fully saturated rings. The highest BCUT2D eigenvalue weighted by Gasteiger charge is 2.23. The van der Waals surface area contributed by atoms with Crippen molar-refractivity contribution in [2.75, 3.05) is 13.1 Å². The van der Waals surface area contributed by atoms with Crippen LogP contribution in [0.15, 0.2) is 30.3 Å². The summed E-state index contributed by atoms with van der Waals surface area (Å²) in [6.45, 7) is 4.11. The third kappa shape index (κ3) is 6.06. The van der Waals surface area contributed by atoms with Gasteiger partial charge in [0.2, 0.25) is 5.91 Å². The molecule has 118 valence electrons. The van der Waals surface area contributed by atoms with Gasteiger partial charge in [-0.2, -0.15) is 0 Å². The molecule has 0 aliphatic carbocycles. The van der Waals surface area contributed by atoms with Gasteiger partial charge in [-0.1, -0.05) is 43.7 Å². The quantitative estimate of drug-likeness (QED) is 0.848. The van der Waals surface area contributed by atoms with Crippen LogP contribution in [0.25, 0.3) is 0 Å². The third-order valence-corrected chi connectivity index (χ3v) is 4.02. The van der Waals surface area contributed by atoms with E-state index >= 15 is 0 Å². The molecule has 1 atom stereocenters. The van der Waals surface area contributed by atoms with Crippen molar-refractivity contribution in [3.8, 4) is 0 Å². The molecular formula is C17H27ClN2O. The van der Waals surface area contributed by atoms with Crippen molar-refractivity contribution in [2.45, 2.75) is 45.1 Å². The summed E-state index contributed by atoms with van der Waals surface area (Å²) in [6.07, 6.45) is 5.02. The molecule has 1 aliphatic heterocycles. The first-order chi connectivity index (χ1) is 9.79. The van der Waals surface area contributed by atoms with Gasteiger partial charge in [0, 0.05) is 12.0 Å². The largest absolute Gasteiger partial charge is 0.353 e. The van der Waals surface area contributed by atoms with Gasteiger partial charge < -0.3 is 10.6 Å². The van der Waals surface area contributed by atoms with Gasteiger partial charge in [0.05, 0.1) is 0 Å². The summed E-state index contributed by atoms with van der Waals surface area (Å²) in [4.78, 5) is 12.3. The molecule has 1 heterocycles. The normalized spacial score (nSPS) is 16.8. The molecule has 2 rings (SSSR count). The summed E-state index contributed by atoms with van der Waals surface area (Å²) in [7, 11) is 0. The Bertz CT molecular complexity index is 405. The molecule has 0 radical (unpaired) electrons. The van der Waals surface area contributed by atoms with Crippen LogP contribution in [0.4, 0.5) is 0 Å². The van der Waals surface area contributed by atoms with E-state index in [9.17, 15) is 4.79 Å². The average Bonchev–Trinajstić information content (AvgIpc) is 2.49. The molecule has 4 heteroatoms. The Hall–Kier alpha value is -1.06. The van der Waals surface area contributed by atoms with Crippen molar-refractivity contribution in [2.24, 2.45) is 5.92 Å². The Kier molecular flexibility index (Phi) is 8.40. The second kappa shape index (κ2) is 9.80. The number of carbonyl (C=O) groups excluding carboxylic acids is 1. The molecule has 1 aliphatic rings. The van der Waals surface area contributed by atoms with Gasteiger partial charge in [0.1, 0.15) is 0 Å². The number of nitrogens with one attached hydrogen (secondary N) is 2. The predicted molar refractivity (Wildman–Crippen MR) is 89.8 cm³/mol. The summed E-state index contributed by atoms with van der Waals surface area (Å²) in [5, 5.41) is 6.58. The molecule has 1 aromatic rings. The zero-order chi connectivity index (χ0) is 14.2. The second-order valence-corrected chi connectivity index (χ2v) is 5.71. The molecular weight excluding hydrogens is 284 g/mol. The summed E-state index contributed by atoms with van der Waals surface area (Å²) in [5.41, 5.74) is 1.30. The number of hydrogen-bond donors (Lipinski definition) is 2. The summed E-state index contributed by atoms with van der Waals surface area (Å²) in [5.74, 6) is 0.451. The maximum Gasteiger partial charge on any atom is 0.223 e. The van der Waals surface area contributed by atoms with Crippen LogP contribution >= 0.6 is 12.4 Å². The van der Waals surface area contributed by atoms with Crippen molar-refractivity contribution in [3.05, 3.63) is 35.9 Å². The Morgan fingerprint density at radius 2 is 1.95 bits per heavy atom.